The smallest absolute Gasteiger partial charge is 0.266 e. The molecule has 0 N–H and O–H groups in total. The summed E-state index contributed by atoms with van der Waals surface area (Å²) in [6.07, 6.45) is 5.97. The first-order valence-electron chi connectivity index (χ1n) is 5.09. The van der Waals surface area contributed by atoms with Gasteiger partial charge in [0.2, 0.25) is 0 Å². The molecule has 0 bridgehead atoms. The maximum Gasteiger partial charge on any atom is 0.283 e. The quantitative estimate of drug-likeness (QED) is 0.628. The van der Waals surface area contributed by atoms with Crippen LogP contribution in [0.25, 0.3) is 11.0 Å². The molecule has 0 saturated heterocycles. The lowest BCUT2D eigenvalue weighted by Crippen LogP contribution is -2.12. The summed E-state index contributed by atoms with van der Waals surface area (Å²) in [6.45, 7) is 0. The normalized spacial score (nSPS) is 10.6. The zero-order chi connectivity index (χ0) is 11.7. The van der Waals surface area contributed by atoms with Crippen molar-refractivity contribution in [3.05, 3.63) is 54.9 Å². The molecule has 1 aromatic carbocycles. The summed E-state index contributed by atoms with van der Waals surface area (Å²) >= 11 is 0. The van der Waals surface area contributed by atoms with E-state index < -0.39 is 0 Å². The van der Waals surface area contributed by atoms with Crippen LogP contribution in [0.4, 0.5) is 0 Å². The molecule has 5 heteroatoms. The molecular weight excluding hydrogens is 216 g/mol. The van der Waals surface area contributed by atoms with Crippen LogP contribution >= 0.6 is 0 Å². The molecule has 2 aromatic heterocycles. The molecule has 0 saturated carbocycles. The van der Waals surface area contributed by atoms with Crippen molar-refractivity contribution < 1.29 is 4.79 Å². The molecule has 0 atom stereocenters. The van der Waals surface area contributed by atoms with Crippen LogP contribution < -0.4 is 0 Å². The average Bonchev–Trinajstić information content (AvgIpc) is 2.83. The Labute approximate surface area is 96.8 Å². The zero-order valence-corrected chi connectivity index (χ0v) is 8.82. The fourth-order valence-electron chi connectivity index (χ4n) is 1.65. The first-order chi connectivity index (χ1) is 8.36. The number of para-hydroxylation sites is 2. The van der Waals surface area contributed by atoms with Crippen molar-refractivity contribution in [1.82, 2.24) is 19.5 Å². The second kappa shape index (κ2) is 3.79. The Morgan fingerprint density at radius 3 is 2.82 bits per heavy atom. The van der Waals surface area contributed by atoms with E-state index in [1.807, 2.05) is 24.3 Å². The summed E-state index contributed by atoms with van der Waals surface area (Å²) in [5.41, 5.74) is 1.85. The van der Waals surface area contributed by atoms with E-state index in [-0.39, 0.29) is 5.91 Å². The Morgan fingerprint density at radius 2 is 2.00 bits per heavy atom. The maximum absolute atomic E-state index is 12.1. The first kappa shape index (κ1) is 9.65. The zero-order valence-electron chi connectivity index (χ0n) is 8.82. The number of nitrogens with zero attached hydrogens (tertiary/aromatic N) is 4. The number of benzene rings is 1. The summed E-state index contributed by atoms with van der Waals surface area (Å²) < 4.78 is 1.47. The van der Waals surface area contributed by atoms with Crippen molar-refractivity contribution in [2.24, 2.45) is 0 Å². The number of rotatable bonds is 1. The van der Waals surface area contributed by atoms with Gasteiger partial charge in [0.1, 0.15) is 12.0 Å². The summed E-state index contributed by atoms with van der Waals surface area (Å²) in [4.78, 5) is 24.2. The lowest BCUT2D eigenvalue weighted by atomic mass is 10.3. The molecule has 0 spiro atoms. The summed E-state index contributed by atoms with van der Waals surface area (Å²) in [5, 5.41) is 0. The predicted octanol–water partition coefficient (Wildman–Crippen LogP) is 1.51. The molecule has 2 heterocycles. The van der Waals surface area contributed by atoms with Gasteiger partial charge in [-0.1, -0.05) is 12.1 Å². The van der Waals surface area contributed by atoms with E-state index in [1.165, 1.54) is 29.5 Å². The van der Waals surface area contributed by atoms with E-state index in [0.717, 1.165) is 11.0 Å². The predicted molar refractivity (Wildman–Crippen MR) is 61.5 cm³/mol. The topological polar surface area (TPSA) is 60.7 Å². The standard InChI is InChI=1S/C12H8N4O/c17-12(10-7-13-5-6-14-10)16-8-15-9-3-1-2-4-11(9)16/h1-8H. The molecule has 3 rings (SSSR count). The fourth-order valence-corrected chi connectivity index (χ4v) is 1.65. The van der Waals surface area contributed by atoms with E-state index in [2.05, 4.69) is 15.0 Å². The number of fused-ring (bicyclic) bond motifs is 1. The van der Waals surface area contributed by atoms with Crippen LogP contribution in [0.2, 0.25) is 0 Å². The van der Waals surface area contributed by atoms with Crippen molar-refractivity contribution >= 4 is 16.9 Å². The van der Waals surface area contributed by atoms with Gasteiger partial charge in [-0.15, -0.1) is 0 Å². The Hall–Kier alpha value is -2.56. The van der Waals surface area contributed by atoms with E-state index in [0.29, 0.717) is 5.69 Å². The van der Waals surface area contributed by atoms with Crippen LogP contribution in [0, 0.1) is 0 Å². The minimum Gasteiger partial charge on any atom is -0.266 e. The lowest BCUT2D eigenvalue weighted by molar-refractivity contribution is 0.0959. The van der Waals surface area contributed by atoms with Gasteiger partial charge in [0.15, 0.2) is 0 Å². The summed E-state index contributed by atoms with van der Waals surface area (Å²) in [6, 6.07) is 7.45. The molecule has 5 nitrogen and oxygen atoms in total. The van der Waals surface area contributed by atoms with Crippen molar-refractivity contribution in [1.29, 1.82) is 0 Å². The van der Waals surface area contributed by atoms with Gasteiger partial charge in [-0.05, 0) is 12.1 Å². The van der Waals surface area contributed by atoms with Gasteiger partial charge >= 0.3 is 0 Å². The average molecular weight is 224 g/mol. The van der Waals surface area contributed by atoms with E-state index >= 15 is 0 Å². The molecular formula is C12H8N4O. The third-order valence-corrected chi connectivity index (χ3v) is 2.45. The molecule has 3 aromatic rings. The van der Waals surface area contributed by atoms with Gasteiger partial charge in [0.05, 0.1) is 17.2 Å². The van der Waals surface area contributed by atoms with Crippen LogP contribution in [0.3, 0.4) is 0 Å². The van der Waals surface area contributed by atoms with Gasteiger partial charge in [0, 0.05) is 12.4 Å². The highest BCUT2D eigenvalue weighted by Crippen LogP contribution is 2.12. The fraction of sp³-hybridized carbons (Fsp3) is 0. The SMILES string of the molecule is O=C(c1cnccn1)n1cnc2ccccc21. The molecule has 0 aliphatic rings. The van der Waals surface area contributed by atoms with Gasteiger partial charge < -0.3 is 0 Å². The summed E-state index contributed by atoms with van der Waals surface area (Å²) in [7, 11) is 0. The maximum atomic E-state index is 12.1. The van der Waals surface area contributed by atoms with Crippen molar-refractivity contribution in [3.63, 3.8) is 0 Å². The largest absolute Gasteiger partial charge is 0.283 e. The Balaban J connectivity index is 2.14. The third-order valence-electron chi connectivity index (χ3n) is 2.45. The number of hydrogen-bond donors (Lipinski definition) is 0. The van der Waals surface area contributed by atoms with E-state index in [9.17, 15) is 4.79 Å². The number of imidazole rings is 1. The molecule has 0 aliphatic carbocycles. The Morgan fingerprint density at radius 1 is 1.12 bits per heavy atom. The molecule has 0 radical (unpaired) electrons. The highest BCUT2D eigenvalue weighted by Gasteiger charge is 2.12. The second-order valence-electron chi connectivity index (χ2n) is 3.50. The third kappa shape index (κ3) is 1.57. The number of carbonyl (C=O) groups is 1. The molecule has 0 unspecified atom stereocenters. The number of hydrogen-bond acceptors (Lipinski definition) is 4. The van der Waals surface area contributed by atoms with Gasteiger partial charge in [-0.25, -0.2) is 9.97 Å². The number of carbonyl (C=O) groups excluding carboxylic acids is 1. The highest BCUT2D eigenvalue weighted by atomic mass is 16.2. The minimum atomic E-state index is -0.230. The molecule has 17 heavy (non-hydrogen) atoms. The molecule has 0 amide bonds. The van der Waals surface area contributed by atoms with Crippen LogP contribution in [0.15, 0.2) is 49.2 Å². The van der Waals surface area contributed by atoms with Crippen LogP contribution in [-0.2, 0) is 0 Å². The van der Waals surface area contributed by atoms with Crippen molar-refractivity contribution in [3.8, 4) is 0 Å². The molecule has 0 aliphatic heterocycles. The van der Waals surface area contributed by atoms with Crippen LogP contribution in [0.1, 0.15) is 10.5 Å². The monoisotopic (exact) mass is 224 g/mol. The molecule has 0 fully saturated rings. The first-order valence-corrected chi connectivity index (χ1v) is 5.09. The summed E-state index contributed by atoms with van der Waals surface area (Å²) in [5.74, 6) is -0.230. The van der Waals surface area contributed by atoms with E-state index in [1.54, 1.807) is 0 Å². The second-order valence-corrected chi connectivity index (χ2v) is 3.50. The van der Waals surface area contributed by atoms with Gasteiger partial charge in [-0.2, -0.15) is 0 Å². The molecule has 82 valence electrons. The van der Waals surface area contributed by atoms with Gasteiger partial charge in [0.25, 0.3) is 5.91 Å². The Kier molecular flexibility index (Phi) is 2.15. The number of aromatic nitrogens is 4. The lowest BCUT2D eigenvalue weighted by Gasteiger charge is -2.00. The van der Waals surface area contributed by atoms with Crippen LogP contribution in [-0.4, -0.2) is 25.4 Å². The van der Waals surface area contributed by atoms with Crippen molar-refractivity contribution in [2.75, 3.05) is 0 Å². The van der Waals surface area contributed by atoms with E-state index in [4.69, 9.17) is 0 Å². The van der Waals surface area contributed by atoms with Gasteiger partial charge in [-0.3, -0.25) is 14.3 Å². The minimum absolute atomic E-state index is 0.230. The van der Waals surface area contributed by atoms with Crippen LogP contribution in [0.5, 0.6) is 0 Å². The van der Waals surface area contributed by atoms with Crippen molar-refractivity contribution in [2.45, 2.75) is 0 Å². The highest BCUT2D eigenvalue weighted by molar-refractivity contribution is 5.99. The Bertz CT molecular complexity index is 675.